The smallest absolute Gasteiger partial charge is 0.193 e. The third kappa shape index (κ3) is 2.65. The van der Waals surface area contributed by atoms with Crippen molar-refractivity contribution in [2.75, 3.05) is 6.61 Å². The first-order chi connectivity index (χ1) is 14.7. The van der Waals surface area contributed by atoms with Gasteiger partial charge in [-0.1, -0.05) is 38.8 Å². The second-order valence-electron chi connectivity index (χ2n) is 10.7. The summed E-state index contributed by atoms with van der Waals surface area (Å²) in [4.78, 5) is 25.2. The van der Waals surface area contributed by atoms with E-state index in [0.29, 0.717) is 19.3 Å². The van der Waals surface area contributed by atoms with Gasteiger partial charge in [-0.3, -0.25) is 9.59 Å². The molecule has 31 heavy (non-hydrogen) atoms. The van der Waals surface area contributed by atoms with Crippen LogP contribution in [-0.2, 0) is 19.1 Å². The van der Waals surface area contributed by atoms with E-state index in [2.05, 4.69) is 20.8 Å². The van der Waals surface area contributed by atoms with Crippen LogP contribution in [0, 0.1) is 28.6 Å². The first-order valence-corrected chi connectivity index (χ1v) is 11.8. The molecule has 2 N–H and O–H groups in total. The number of carbonyl (C=O) groups is 2. The van der Waals surface area contributed by atoms with E-state index in [9.17, 15) is 19.8 Å². The molecule has 5 rings (SSSR count). The summed E-state index contributed by atoms with van der Waals surface area (Å²) >= 11 is 0. The van der Waals surface area contributed by atoms with Crippen molar-refractivity contribution in [3.05, 3.63) is 23.8 Å². The lowest BCUT2D eigenvalue weighted by Gasteiger charge is -2.59. The molecule has 0 spiro atoms. The summed E-state index contributed by atoms with van der Waals surface area (Å²) in [5.74, 6) is 0.0274. The van der Waals surface area contributed by atoms with E-state index >= 15 is 0 Å². The fourth-order valence-electron chi connectivity index (χ4n) is 8.12. The second kappa shape index (κ2) is 7.08. The average Bonchev–Trinajstić information content (AvgIpc) is 3.20. The molecule has 0 aromatic rings. The Bertz CT molecular complexity index is 862. The lowest BCUT2D eigenvalue weighted by Crippen LogP contribution is -2.63. The van der Waals surface area contributed by atoms with Crippen LogP contribution in [0.5, 0.6) is 0 Å². The monoisotopic (exact) mass is 430 g/mol. The van der Waals surface area contributed by atoms with E-state index in [1.807, 2.05) is 6.08 Å². The van der Waals surface area contributed by atoms with Crippen LogP contribution in [0.25, 0.3) is 0 Å². The molecule has 0 amide bonds. The molecule has 0 radical (unpaired) electrons. The Morgan fingerprint density at radius 1 is 1.32 bits per heavy atom. The fraction of sp³-hybridized carbons (Fsp3) is 0.760. The van der Waals surface area contributed by atoms with Crippen LogP contribution in [0.1, 0.15) is 59.3 Å². The maximum absolute atomic E-state index is 13.2. The maximum Gasteiger partial charge on any atom is 0.193 e. The molecule has 4 aliphatic carbocycles. The van der Waals surface area contributed by atoms with Gasteiger partial charge in [0.15, 0.2) is 23.5 Å². The summed E-state index contributed by atoms with van der Waals surface area (Å²) in [6.07, 6.45) is 8.31. The van der Waals surface area contributed by atoms with Crippen molar-refractivity contribution < 1.29 is 29.3 Å². The van der Waals surface area contributed by atoms with E-state index in [1.165, 1.54) is 0 Å². The number of allylic oxidation sites excluding steroid dienone is 4. The van der Waals surface area contributed by atoms with Gasteiger partial charge in [0.25, 0.3) is 0 Å². The Morgan fingerprint density at radius 2 is 2.10 bits per heavy atom. The largest absolute Gasteiger partial charge is 0.393 e. The van der Waals surface area contributed by atoms with Gasteiger partial charge >= 0.3 is 0 Å². The zero-order valence-electron chi connectivity index (χ0n) is 18.7. The van der Waals surface area contributed by atoms with Gasteiger partial charge in [-0.2, -0.15) is 0 Å². The number of carbonyl (C=O) groups excluding carboxylic acids is 2. The fourth-order valence-corrected chi connectivity index (χ4v) is 8.12. The molecule has 4 fully saturated rings. The Kier molecular flexibility index (Phi) is 4.91. The predicted octanol–water partition coefficient (Wildman–Crippen LogP) is 2.72. The molecule has 170 valence electrons. The van der Waals surface area contributed by atoms with Crippen molar-refractivity contribution in [2.24, 2.45) is 28.6 Å². The van der Waals surface area contributed by atoms with E-state index in [-0.39, 0.29) is 34.7 Å². The van der Waals surface area contributed by atoms with Gasteiger partial charge in [-0.25, -0.2) is 0 Å². The van der Waals surface area contributed by atoms with Crippen LogP contribution in [0.15, 0.2) is 23.8 Å². The van der Waals surface area contributed by atoms with Crippen molar-refractivity contribution in [3.8, 4) is 0 Å². The van der Waals surface area contributed by atoms with Gasteiger partial charge in [0.2, 0.25) is 0 Å². The molecule has 3 saturated carbocycles. The van der Waals surface area contributed by atoms with Crippen LogP contribution in [-0.4, -0.2) is 52.5 Å². The Labute approximate surface area is 183 Å². The number of aliphatic hydroxyl groups is 2. The van der Waals surface area contributed by atoms with Gasteiger partial charge in [0.05, 0.1) is 12.2 Å². The minimum atomic E-state index is -1.20. The van der Waals surface area contributed by atoms with Crippen LogP contribution in [0.2, 0.25) is 0 Å². The number of ketones is 2. The van der Waals surface area contributed by atoms with E-state index < -0.39 is 36.1 Å². The molecule has 5 aliphatic rings. The van der Waals surface area contributed by atoms with Crippen LogP contribution < -0.4 is 0 Å². The quantitative estimate of drug-likeness (QED) is 0.712. The number of ether oxygens (including phenoxy) is 2. The zero-order chi connectivity index (χ0) is 22.2. The first-order valence-electron chi connectivity index (χ1n) is 11.8. The molecule has 0 aromatic heterocycles. The van der Waals surface area contributed by atoms with Crippen molar-refractivity contribution in [1.29, 1.82) is 0 Å². The number of Topliss-reactive ketones (excluding diaryl/α,β-unsaturated/α-hetero) is 1. The van der Waals surface area contributed by atoms with E-state index in [0.717, 1.165) is 24.8 Å². The van der Waals surface area contributed by atoms with Crippen molar-refractivity contribution >= 4 is 11.6 Å². The Balaban J connectivity index is 1.55. The summed E-state index contributed by atoms with van der Waals surface area (Å²) in [7, 11) is 0. The Morgan fingerprint density at radius 3 is 2.81 bits per heavy atom. The van der Waals surface area contributed by atoms with Crippen LogP contribution in [0.3, 0.4) is 0 Å². The number of rotatable bonds is 4. The third-order valence-electron chi connectivity index (χ3n) is 9.37. The normalized spacial score (nSPS) is 50.4. The van der Waals surface area contributed by atoms with Gasteiger partial charge < -0.3 is 19.7 Å². The van der Waals surface area contributed by atoms with Gasteiger partial charge in [0.1, 0.15) is 6.61 Å². The highest BCUT2D eigenvalue weighted by Crippen LogP contribution is 2.69. The number of fused-ring (bicyclic) bond motifs is 7. The standard InChI is InChI=1S/C25H34O6/c1-4-5-21-30-20-11-17-16-7-6-14-10-15(27)8-9-23(14,2)22(16)18(28)12-24(17,3)25(20,31-21)19(29)13-26/h8-10,16-18,20-22,26,28H,4-7,11-13H2,1-3H3/t16-,17-,18-,20+,21?,22+,23-,24?,25?/m0/s1. The molecule has 1 aliphatic heterocycles. The Hall–Kier alpha value is -1.34. The molecule has 6 heteroatoms. The molecule has 0 aromatic carbocycles. The zero-order valence-corrected chi connectivity index (χ0v) is 18.7. The second-order valence-corrected chi connectivity index (χ2v) is 10.7. The highest BCUT2D eigenvalue weighted by atomic mass is 16.7. The summed E-state index contributed by atoms with van der Waals surface area (Å²) in [5.41, 5.74) is -1.05. The average molecular weight is 431 g/mol. The predicted molar refractivity (Wildman–Crippen MR) is 113 cm³/mol. The van der Waals surface area contributed by atoms with E-state index in [4.69, 9.17) is 9.47 Å². The van der Waals surface area contributed by atoms with Crippen molar-refractivity contribution in [1.82, 2.24) is 0 Å². The van der Waals surface area contributed by atoms with Crippen LogP contribution in [0.4, 0.5) is 0 Å². The highest BCUT2D eigenvalue weighted by Gasteiger charge is 2.75. The summed E-state index contributed by atoms with van der Waals surface area (Å²) in [6.45, 7) is 5.67. The SMILES string of the molecule is CCCC1O[C@@H]2C[C@H]3[C@@H]4CCC5=CC(=O)C=C[C@]5(C)[C@H]4[C@@H](O)CC3(C)C2(C(=O)CO)O1. The molecule has 1 heterocycles. The summed E-state index contributed by atoms with van der Waals surface area (Å²) < 4.78 is 12.7. The van der Waals surface area contributed by atoms with Crippen molar-refractivity contribution in [3.63, 3.8) is 0 Å². The molecule has 0 bridgehead atoms. The van der Waals surface area contributed by atoms with Crippen LogP contribution >= 0.6 is 0 Å². The minimum Gasteiger partial charge on any atom is -0.393 e. The summed E-state index contributed by atoms with van der Waals surface area (Å²) in [5, 5.41) is 21.4. The molecule has 1 saturated heterocycles. The first kappa shape index (κ1) is 21.5. The number of hydrogen-bond acceptors (Lipinski definition) is 6. The third-order valence-corrected chi connectivity index (χ3v) is 9.37. The van der Waals surface area contributed by atoms with Crippen molar-refractivity contribution in [2.45, 2.75) is 83.4 Å². The molecule has 6 nitrogen and oxygen atoms in total. The summed E-state index contributed by atoms with van der Waals surface area (Å²) in [6, 6.07) is 0. The lowest BCUT2D eigenvalue weighted by molar-refractivity contribution is -0.200. The number of aliphatic hydroxyl groups excluding tert-OH is 2. The number of hydrogen-bond donors (Lipinski definition) is 2. The van der Waals surface area contributed by atoms with Gasteiger partial charge in [-0.15, -0.1) is 0 Å². The highest BCUT2D eigenvalue weighted by molar-refractivity contribution is 6.01. The van der Waals surface area contributed by atoms with E-state index in [1.54, 1.807) is 12.2 Å². The lowest BCUT2D eigenvalue weighted by atomic mass is 9.46. The molecular weight excluding hydrogens is 396 g/mol. The molecular formula is C25H34O6. The topological polar surface area (TPSA) is 93.1 Å². The minimum absolute atomic E-state index is 0.0125. The molecule has 9 atom stereocenters. The van der Waals surface area contributed by atoms with Gasteiger partial charge in [0, 0.05) is 16.7 Å². The molecule has 3 unspecified atom stereocenters. The maximum atomic E-state index is 13.2. The van der Waals surface area contributed by atoms with Gasteiger partial charge in [-0.05, 0) is 56.1 Å².